The Morgan fingerprint density at radius 1 is 1.00 bits per heavy atom. The van der Waals surface area contributed by atoms with E-state index in [0.29, 0.717) is 22.5 Å². The lowest BCUT2D eigenvalue weighted by atomic mass is 10.1. The second-order valence-electron chi connectivity index (χ2n) is 4.38. The van der Waals surface area contributed by atoms with Gasteiger partial charge in [-0.1, -0.05) is 18.2 Å². The fourth-order valence-corrected chi connectivity index (χ4v) is 1.81. The molecule has 0 fully saturated rings. The monoisotopic (exact) mass is 269 g/mol. The average molecular weight is 269 g/mol. The SMILES string of the molecule is NC(=O)Cc1ccccc1NC(=O)c1ccc(N)cc1. The summed E-state index contributed by atoms with van der Waals surface area (Å²) in [5, 5.41) is 2.76. The Morgan fingerprint density at radius 3 is 2.30 bits per heavy atom. The molecule has 0 aliphatic heterocycles. The molecule has 5 nitrogen and oxygen atoms in total. The molecule has 0 atom stereocenters. The number of primary amides is 1. The van der Waals surface area contributed by atoms with Gasteiger partial charge in [0.25, 0.3) is 5.91 Å². The van der Waals surface area contributed by atoms with Crippen LogP contribution in [-0.2, 0) is 11.2 Å². The molecular weight excluding hydrogens is 254 g/mol. The summed E-state index contributed by atoms with van der Waals surface area (Å²) in [6.45, 7) is 0. The van der Waals surface area contributed by atoms with Crippen LogP contribution in [0.25, 0.3) is 0 Å². The van der Waals surface area contributed by atoms with Gasteiger partial charge in [0, 0.05) is 16.9 Å². The molecule has 5 N–H and O–H groups in total. The van der Waals surface area contributed by atoms with Crippen molar-refractivity contribution in [3.05, 3.63) is 59.7 Å². The lowest BCUT2D eigenvalue weighted by Gasteiger charge is -2.10. The van der Waals surface area contributed by atoms with E-state index < -0.39 is 5.91 Å². The van der Waals surface area contributed by atoms with Crippen molar-refractivity contribution in [2.45, 2.75) is 6.42 Å². The number of hydrogen-bond acceptors (Lipinski definition) is 3. The first-order valence-corrected chi connectivity index (χ1v) is 6.09. The third-order valence-corrected chi connectivity index (χ3v) is 2.80. The molecule has 0 saturated carbocycles. The van der Waals surface area contributed by atoms with Gasteiger partial charge in [-0.05, 0) is 35.9 Å². The van der Waals surface area contributed by atoms with Gasteiger partial charge in [-0.3, -0.25) is 9.59 Å². The highest BCUT2D eigenvalue weighted by Gasteiger charge is 2.10. The predicted molar refractivity (Wildman–Crippen MR) is 78.1 cm³/mol. The van der Waals surface area contributed by atoms with E-state index in [4.69, 9.17) is 11.5 Å². The molecule has 0 aromatic heterocycles. The number of nitrogens with two attached hydrogens (primary N) is 2. The number of rotatable bonds is 4. The van der Waals surface area contributed by atoms with E-state index in [9.17, 15) is 9.59 Å². The van der Waals surface area contributed by atoms with E-state index >= 15 is 0 Å². The fraction of sp³-hybridized carbons (Fsp3) is 0.0667. The highest BCUT2D eigenvalue weighted by molar-refractivity contribution is 6.05. The average Bonchev–Trinajstić information content (AvgIpc) is 2.41. The predicted octanol–water partition coefficient (Wildman–Crippen LogP) is 1.55. The van der Waals surface area contributed by atoms with Gasteiger partial charge >= 0.3 is 0 Å². The van der Waals surface area contributed by atoms with Gasteiger partial charge in [-0.2, -0.15) is 0 Å². The van der Waals surface area contributed by atoms with Crippen LogP contribution in [0.2, 0.25) is 0 Å². The zero-order valence-electron chi connectivity index (χ0n) is 10.8. The third-order valence-electron chi connectivity index (χ3n) is 2.80. The van der Waals surface area contributed by atoms with Gasteiger partial charge in [0.1, 0.15) is 0 Å². The number of amides is 2. The Morgan fingerprint density at radius 2 is 1.65 bits per heavy atom. The number of nitrogen functional groups attached to an aromatic ring is 1. The minimum atomic E-state index is -0.445. The molecular formula is C15H15N3O2. The summed E-state index contributed by atoms with van der Waals surface area (Å²) in [5.41, 5.74) is 13.1. The molecule has 5 heteroatoms. The summed E-state index contributed by atoms with van der Waals surface area (Å²) in [4.78, 5) is 23.1. The van der Waals surface area contributed by atoms with Crippen LogP contribution in [0.15, 0.2) is 48.5 Å². The van der Waals surface area contributed by atoms with Crippen LogP contribution in [0.5, 0.6) is 0 Å². The molecule has 0 radical (unpaired) electrons. The Balaban J connectivity index is 2.19. The zero-order valence-corrected chi connectivity index (χ0v) is 10.8. The van der Waals surface area contributed by atoms with Crippen molar-refractivity contribution in [3.63, 3.8) is 0 Å². The second kappa shape index (κ2) is 5.88. The van der Waals surface area contributed by atoms with E-state index in [0.717, 1.165) is 0 Å². The number of carbonyl (C=O) groups excluding carboxylic acids is 2. The zero-order chi connectivity index (χ0) is 14.5. The molecule has 0 heterocycles. The van der Waals surface area contributed by atoms with Gasteiger partial charge in [0.2, 0.25) is 5.91 Å². The summed E-state index contributed by atoms with van der Waals surface area (Å²) >= 11 is 0. The second-order valence-corrected chi connectivity index (χ2v) is 4.38. The largest absolute Gasteiger partial charge is 0.399 e. The van der Waals surface area contributed by atoms with Gasteiger partial charge in [0.05, 0.1) is 6.42 Å². The summed E-state index contributed by atoms with van der Waals surface area (Å²) in [7, 11) is 0. The minimum absolute atomic E-state index is 0.0815. The van der Waals surface area contributed by atoms with Crippen LogP contribution in [0.4, 0.5) is 11.4 Å². The van der Waals surface area contributed by atoms with Crippen molar-refractivity contribution < 1.29 is 9.59 Å². The smallest absolute Gasteiger partial charge is 0.255 e. The number of nitrogens with one attached hydrogen (secondary N) is 1. The Bertz CT molecular complexity index is 636. The molecule has 20 heavy (non-hydrogen) atoms. The lowest BCUT2D eigenvalue weighted by molar-refractivity contribution is -0.117. The summed E-state index contributed by atoms with van der Waals surface area (Å²) < 4.78 is 0. The molecule has 2 rings (SSSR count). The number of benzene rings is 2. The molecule has 0 spiro atoms. The normalized spacial score (nSPS) is 10.0. The Kier molecular flexibility index (Phi) is 4.00. The first-order chi connectivity index (χ1) is 9.56. The van der Waals surface area contributed by atoms with Crippen LogP contribution in [0.3, 0.4) is 0 Å². The highest BCUT2D eigenvalue weighted by atomic mass is 16.2. The number of hydrogen-bond donors (Lipinski definition) is 3. The minimum Gasteiger partial charge on any atom is -0.399 e. The van der Waals surface area contributed by atoms with E-state index in [1.54, 1.807) is 48.5 Å². The Hall–Kier alpha value is -2.82. The number of anilines is 2. The molecule has 2 aromatic rings. The highest BCUT2D eigenvalue weighted by Crippen LogP contribution is 2.17. The van der Waals surface area contributed by atoms with Crippen LogP contribution in [-0.4, -0.2) is 11.8 Å². The van der Waals surface area contributed by atoms with E-state index in [1.165, 1.54) is 0 Å². The lowest BCUT2D eigenvalue weighted by Crippen LogP contribution is -2.17. The molecule has 102 valence electrons. The third kappa shape index (κ3) is 3.35. The molecule has 0 bridgehead atoms. The van der Waals surface area contributed by atoms with Gasteiger partial charge in [0.15, 0.2) is 0 Å². The molecule has 0 unspecified atom stereocenters. The van der Waals surface area contributed by atoms with E-state index in [1.807, 2.05) is 0 Å². The number of para-hydroxylation sites is 1. The van der Waals surface area contributed by atoms with Crippen molar-refractivity contribution in [1.29, 1.82) is 0 Å². The standard InChI is InChI=1S/C15H15N3O2/c16-12-7-5-10(6-8-12)15(20)18-13-4-2-1-3-11(13)9-14(17)19/h1-8H,9,16H2,(H2,17,19)(H,18,20). The van der Waals surface area contributed by atoms with Crippen molar-refractivity contribution in [2.75, 3.05) is 11.1 Å². The molecule has 0 saturated heterocycles. The maximum atomic E-state index is 12.1. The maximum absolute atomic E-state index is 12.1. The molecule has 0 aliphatic carbocycles. The molecule has 2 amide bonds. The van der Waals surface area contributed by atoms with Crippen LogP contribution in [0.1, 0.15) is 15.9 Å². The van der Waals surface area contributed by atoms with E-state index in [-0.39, 0.29) is 12.3 Å². The first kappa shape index (κ1) is 13.6. The fourth-order valence-electron chi connectivity index (χ4n) is 1.81. The van der Waals surface area contributed by atoms with Gasteiger partial charge in [-0.25, -0.2) is 0 Å². The summed E-state index contributed by atoms with van der Waals surface area (Å²) in [5.74, 6) is -0.707. The molecule has 2 aromatic carbocycles. The quantitative estimate of drug-likeness (QED) is 0.734. The van der Waals surface area contributed by atoms with Crippen molar-refractivity contribution in [3.8, 4) is 0 Å². The van der Waals surface area contributed by atoms with Gasteiger partial charge in [-0.15, -0.1) is 0 Å². The summed E-state index contributed by atoms with van der Waals surface area (Å²) in [6, 6.07) is 13.6. The van der Waals surface area contributed by atoms with Crippen LogP contribution >= 0.6 is 0 Å². The summed E-state index contributed by atoms with van der Waals surface area (Å²) in [6.07, 6.45) is 0.0815. The Labute approximate surface area is 116 Å². The topological polar surface area (TPSA) is 98.2 Å². The first-order valence-electron chi connectivity index (χ1n) is 6.09. The maximum Gasteiger partial charge on any atom is 0.255 e. The van der Waals surface area contributed by atoms with Crippen LogP contribution in [0, 0.1) is 0 Å². The van der Waals surface area contributed by atoms with Crippen molar-refractivity contribution in [2.24, 2.45) is 5.73 Å². The van der Waals surface area contributed by atoms with Crippen molar-refractivity contribution in [1.82, 2.24) is 0 Å². The van der Waals surface area contributed by atoms with Gasteiger partial charge < -0.3 is 16.8 Å². The molecule has 0 aliphatic rings. The van der Waals surface area contributed by atoms with E-state index in [2.05, 4.69) is 5.32 Å². The van der Waals surface area contributed by atoms with Crippen LogP contribution < -0.4 is 16.8 Å². The number of carbonyl (C=O) groups is 2. The van der Waals surface area contributed by atoms with Crippen molar-refractivity contribution >= 4 is 23.2 Å².